The summed E-state index contributed by atoms with van der Waals surface area (Å²) in [6.07, 6.45) is 0. The van der Waals surface area contributed by atoms with Crippen LogP contribution in [0.25, 0.3) is 0 Å². The van der Waals surface area contributed by atoms with Crippen LogP contribution in [0, 0.1) is 10.1 Å². The van der Waals surface area contributed by atoms with Crippen LogP contribution in [0.4, 0.5) is 11.4 Å². The molecule has 0 saturated heterocycles. The van der Waals surface area contributed by atoms with Crippen LogP contribution in [0.15, 0.2) is 51.4 Å². The van der Waals surface area contributed by atoms with Crippen molar-refractivity contribution in [2.75, 3.05) is 5.32 Å². The molecule has 1 atom stereocenters. The fourth-order valence-corrected chi connectivity index (χ4v) is 2.43. The molecule has 0 radical (unpaired) electrons. The molecule has 0 aliphatic rings. The number of nitrogens with one attached hydrogen (secondary N) is 1. The number of hydrogen-bond acceptors (Lipinski definition) is 3. The predicted octanol–water partition coefficient (Wildman–Crippen LogP) is 5.29. The number of nitro benzene ring substituents is 1. The highest BCUT2D eigenvalue weighted by atomic mass is 79.9. The van der Waals surface area contributed by atoms with E-state index in [1.54, 1.807) is 6.07 Å². The number of nitro groups is 1. The van der Waals surface area contributed by atoms with Crippen molar-refractivity contribution < 1.29 is 4.92 Å². The average Bonchev–Trinajstić information content (AvgIpc) is 2.41. The number of halogens is 2. The first-order valence-electron chi connectivity index (χ1n) is 5.93. The molecule has 0 heterocycles. The minimum atomic E-state index is -0.401. The molecule has 104 valence electrons. The molecule has 0 aromatic heterocycles. The summed E-state index contributed by atoms with van der Waals surface area (Å²) in [5.74, 6) is 0. The topological polar surface area (TPSA) is 55.2 Å². The molecule has 4 nitrogen and oxygen atoms in total. The van der Waals surface area contributed by atoms with Crippen molar-refractivity contribution in [3.63, 3.8) is 0 Å². The van der Waals surface area contributed by atoms with Crippen LogP contribution >= 0.6 is 31.9 Å². The highest BCUT2D eigenvalue weighted by Crippen LogP contribution is 2.30. The van der Waals surface area contributed by atoms with E-state index in [0.29, 0.717) is 5.69 Å². The fourth-order valence-electron chi connectivity index (χ4n) is 1.81. The van der Waals surface area contributed by atoms with Crippen LogP contribution in [-0.4, -0.2) is 4.92 Å². The van der Waals surface area contributed by atoms with Gasteiger partial charge in [-0.15, -0.1) is 0 Å². The lowest BCUT2D eigenvalue weighted by atomic mass is 10.1. The highest BCUT2D eigenvalue weighted by molar-refractivity contribution is 9.10. The number of rotatable bonds is 4. The van der Waals surface area contributed by atoms with Gasteiger partial charge in [0.05, 0.1) is 10.6 Å². The zero-order valence-electron chi connectivity index (χ0n) is 10.6. The van der Waals surface area contributed by atoms with Crippen molar-refractivity contribution in [2.24, 2.45) is 0 Å². The maximum absolute atomic E-state index is 10.8. The molecule has 0 spiro atoms. The van der Waals surface area contributed by atoms with Crippen LogP contribution < -0.4 is 5.32 Å². The molecule has 0 saturated carbocycles. The molecular weight excluding hydrogens is 388 g/mol. The number of anilines is 1. The Morgan fingerprint density at radius 3 is 2.40 bits per heavy atom. The van der Waals surface area contributed by atoms with Crippen LogP contribution in [0.1, 0.15) is 18.5 Å². The molecule has 2 aromatic rings. The summed E-state index contributed by atoms with van der Waals surface area (Å²) >= 11 is 6.80. The molecule has 0 aliphatic heterocycles. The van der Waals surface area contributed by atoms with E-state index in [4.69, 9.17) is 0 Å². The largest absolute Gasteiger partial charge is 0.377 e. The third kappa shape index (κ3) is 3.58. The van der Waals surface area contributed by atoms with Crippen molar-refractivity contribution in [1.82, 2.24) is 0 Å². The van der Waals surface area contributed by atoms with Gasteiger partial charge in [-0.25, -0.2) is 0 Å². The summed E-state index contributed by atoms with van der Waals surface area (Å²) in [6, 6.07) is 12.7. The Morgan fingerprint density at radius 1 is 1.15 bits per heavy atom. The summed E-state index contributed by atoms with van der Waals surface area (Å²) in [5, 5.41) is 14.1. The van der Waals surface area contributed by atoms with Crippen molar-refractivity contribution in [3.05, 3.63) is 67.1 Å². The number of hydrogen-bond donors (Lipinski definition) is 1. The van der Waals surface area contributed by atoms with E-state index in [0.717, 1.165) is 14.5 Å². The quantitative estimate of drug-likeness (QED) is 0.561. The van der Waals surface area contributed by atoms with E-state index in [2.05, 4.69) is 37.2 Å². The van der Waals surface area contributed by atoms with Gasteiger partial charge in [0, 0.05) is 27.1 Å². The zero-order valence-corrected chi connectivity index (χ0v) is 13.8. The van der Waals surface area contributed by atoms with Gasteiger partial charge < -0.3 is 5.32 Å². The first-order valence-corrected chi connectivity index (χ1v) is 7.52. The molecule has 0 fully saturated rings. The third-order valence-corrected chi connectivity index (χ3v) is 4.12. The molecular formula is C14H12Br2N2O2. The van der Waals surface area contributed by atoms with Crippen LogP contribution in [0.5, 0.6) is 0 Å². The third-order valence-electron chi connectivity index (χ3n) is 2.90. The summed E-state index contributed by atoms with van der Waals surface area (Å²) < 4.78 is 1.82. The van der Waals surface area contributed by atoms with Gasteiger partial charge in [-0.05, 0) is 46.6 Å². The average molecular weight is 400 g/mol. The van der Waals surface area contributed by atoms with E-state index in [9.17, 15) is 10.1 Å². The minimum absolute atomic E-state index is 0.0430. The van der Waals surface area contributed by atoms with Gasteiger partial charge in [-0.1, -0.05) is 28.1 Å². The maximum Gasteiger partial charge on any atom is 0.271 e. The lowest BCUT2D eigenvalue weighted by Crippen LogP contribution is -2.07. The molecule has 2 aromatic carbocycles. The molecule has 0 aliphatic carbocycles. The summed E-state index contributed by atoms with van der Waals surface area (Å²) in [4.78, 5) is 10.4. The van der Waals surface area contributed by atoms with Crippen molar-refractivity contribution in [1.29, 1.82) is 0 Å². The smallest absolute Gasteiger partial charge is 0.271 e. The van der Waals surface area contributed by atoms with Crippen molar-refractivity contribution in [3.8, 4) is 0 Å². The number of non-ortho nitro benzene ring substituents is 1. The number of nitrogens with zero attached hydrogens (tertiary/aromatic N) is 1. The van der Waals surface area contributed by atoms with E-state index in [-0.39, 0.29) is 11.7 Å². The fraction of sp³-hybridized carbons (Fsp3) is 0.143. The van der Waals surface area contributed by atoms with E-state index in [1.807, 2.05) is 31.2 Å². The molecule has 0 amide bonds. The molecule has 1 N–H and O–H groups in total. The second kappa shape index (κ2) is 6.37. The molecule has 0 bridgehead atoms. The Kier molecular flexibility index (Phi) is 4.77. The summed E-state index contributed by atoms with van der Waals surface area (Å²) in [7, 11) is 0. The van der Waals surface area contributed by atoms with E-state index >= 15 is 0 Å². The van der Waals surface area contributed by atoms with E-state index in [1.165, 1.54) is 12.1 Å². The maximum atomic E-state index is 10.8. The second-order valence-corrected chi connectivity index (χ2v) is 6.11. The monoisotopic (exact) mass is 398 g/mol. The SMILES string of the molecule is CC(Nc1cc([N+](=O)[O-])ccc1Br)c1ccc(Br)cc1. The van der Waals surface area contributed by atoms with Gasteiger partial charge in [-0.2, -0.15) is 0 Å². The van der Waals surface area contributed by atoms with Gasteiger partial charge in [0.1, 0.15) is 0 Å². The van der Waals surface area contributed by atoms with Crippen LogP contribution in [-0.2, 0) is 0 Å². The lowest BCUT2D eigenvalue weighted by molar-refractivity contribution is -0.384. The Hall–Kier alpha value is -1.40. The molecule has 20 heavy (non-hydrogen) atoms. The van der Waals surface area contributed by atoms with Crippen LogP contribution in [0.2, 0.25) is 0 Å². The van der Waals surface area contributed by atoms with Gasteiger partial charge in [-0.3, -0.25) is 10.1 Å². The Labute approximate surface area is 133 Å². The summed E-state index contributed by atoms with van der Waals surface area (Å²) in [6.45, 7) is 2.01. The highest BCUT2D eigenvalue weighted by Gasteiger charge is 2.12. The van der Waals surface area contributed by atoms with E-state index < -0.39 is 4.92 Å². The Bertz CT molecular complexity index is 630. The van der Waals surface area contributed by atoms with Crippen LogP contribution in [0.3, 0.4) is 0 Å². The van der Waals surface area contributed by atoms with Crippen molar-refractivity contribution >= 4 is 43.2 Å². The second-order valence-electron chi connectivity index (χ2n) is 4.34. The first kappa shape index (κ1) is 15.0. The molecule has 1 unspecified atom stereocenters. The summed E-state index contributed by atoms with van der Waals surface area (Å²) in [5.41, 5.74) is 1.87. The number of benzene rings is 2. The minimum Gasteiger partial charge on any atom is -0.377 e. The van der Waals surface area contributed by atoms with Gasteiger partial charge >= 0.3 is 0 Å². The van der Waals surface area contributed by atoms with Gasteiger partial charge in [0.2, 0.25) is 0 Å². The zero-order chi connectivity index (χ0) is 14.7. The molecule has 2 rings (SSSR count). The lowest BCUT2D eigenvalue weighted by Gasteiger charge is -2.17. The van der Waals surface area contributed by atoms with Crippen molar-refractivity contribution in [2.45, 2.75) is 13.0 Å². The predicted molar refractivity (Wildman–Crippen MR) is 87.0 cm³/mol. The normalized spacial score (nSPS) is 11.9. The molecule has 6 heteroatoms. The van der Waals surface area contributed by atoms with Gasteiger partial charge in [0.15, 0.2) is 0 Å². The first-order chi connectivity index (χ1) is 9.47. The van der Waals surface area contributed by atoms with Gasteiger partial charge in [0.25, 0.3) is 5.69 Å². The Morgan fingerprint density at radius 2 is 1.80 bits per heavy atom. The standard InChI is InChI=1S/C14H12Br2N2O2/c1-9(10-2-4-11(15)5-3-10)17-14-8-12(18(19)20)6-7-13(14)16/h2-9,17H,1H3. The Balaban J connectivity index is 2.22.